The first kappa shape index (κ1) is 27.2. The monoisotopic (exact) mass is 564 g/mol. The summed E-state index contributed by atoms with van der Waals surface area (Å²) in [4.78, 5) is 8.45. The maximum Gasteiger partial charge on any atom is 0.0273 e. The topological polar surface area (TPSA) is 25.8 Å². The molecule has 5 aromatic carbocycles. The van der Waals surface area contributed by atoms with Crippen LogP contribution in [0.4, 0.5) is 0 Å². The molecule has 0 bridgehead atoms. The maximum absolute atomic E-state index is 4.23. The maximum atomic E-state index is 4.23. The summed E-state index contributed by atoms with van der Waals surface area (Å²) < 4.78 is 0. The number of fused-ring (bicyclic) bond motifs is 2. The van der Waals surface area contributed by atoms with E-state index in [0.29, 0.717) is 0 Å². The van der Waals surface area contributed by atoms with Crippen molar-refractivity contribution in [1.29, 1.82) is 0 Å². The molecule has 2 nitrogen and oxygen atoms in total. The minimum absolute atomic E-state index is 1.16. The van der Waals surface area contributed by atoms with Crippen LogP contribution in [0, 0.1) is 0 Å². The highest BCUT2D eigenvalue weighted by atomic mass is 14.6. The standard InChI is InChI=1S/C42H32N2/c1-3-30(26-29(2)31-18-22-43-23-19-31)41-37-14-7-8-15-38(37)42(36-13-9-12-34(27-36)33-20-24-44-25-21-33)39-17-16-35(28-40(39)41)32-10-5-4-6-11-32/h3-28H,1-2H3/b29-26+,30-3+. The van der Waals surface area contributed by atoms with E-state index in [1.165, 1.54) is 71.6 Å². The van der Waals surface area contributed by atoms with Crippen LogP contribution >= 0.6 is 0 Å². The number of hydrogen-bond donors (Lipinski definition) is 0. The second-order valence-corrected chi connectivity index (χ2v) is 11.0. The Kier molecular flexibility index (Phi) is 7.40. The number of allylic oxidation sites excluding steroid dienone is 4. The number of rotatable bonds is 6. The summed E-state index contributed by atoms with van der Waals surface area (Å²) in [5, 5.41) is 4.95. The molecule has 0 fully saturated rings. The van der Waals surface area contributed by atoms with Crippen molar-refractivity contribution < 1.29 is 0 Å². The van der Waals surface area contributed by atoms with Crippen LogP contribution in [0.5, 0.6) is 0 Å². The fourth-order valence-electron chi connectivity index (χ4n) is 6.24. The summed E-state index contributed by atoms with van der Waals surface area (Å²) in [5.41, 5.74) is 12.0. The Labute approximate surface area is 258 Å². The number of nitrogens with zero attached hydrogens (tertiary/aromatic N) is 2. The lowest BCUT2D eigenvalue weighted by Gasteiger charge is -2.20. The fraction of sp³-hybridized carbons (Fsp3) is 0.0476. The van der Waals surface area contributed by atoms with Crippen molar-refractivity contribution in [3.05, 3.63) is 169 Å². The Hall–Kier alpha value is -5.60. The molecule has 0 radical (unpaired) electrons. The first-order valence-corrected chi connectivity index (χ1v) is 15.0. The molecule has 0 atom stereocenters. The van der Waals surface area contributed by atoms with E-state index in [1.54, 1.807) is 0 Å². The highest BCUT2D eigenvalue weighted by molar-refractivity contribution is 6.20. The number of hydrogen-bond acceptors (Lipinski definition) is 2. The van der Waals surface area contributed by atoms with Crippen molar-refractivity contribution in [2.45, 2.75) is 13.8 Å². The molecule has 7 rings (SSSR count). The van der Waals surface area contributed by atoms with Crippen LogP contribution in [-0.2, 0) is 0 Å². The van der Waals surface area contributed by atoms with Crippen LogP contribution in [0.3, 0.4) is 0 Å². The van der Waals surface area contributed by atoms with Gasteiger partial charge in [0.25, 0.3) is 0 Å². The Bertz CT molecular complexity index is 2160. The van der Waals surface area contributed by atoms with Crippen LogP contribution in [-0.4, -0.2) is 9.97 Å². The summed E-state index contributed by atoms with van der Waals surface area (Å²) in [6.07, 6.45) is 12.0. The van der Waals surface area contributed by atoms with E-state index in [9.17, 15) is 0 Å². The zero-order valence-corrected chi connectivity index (χ0v) is 24.9. The van der Waals surface area contributed by atoms with Crippen LogP contribution < -0.4 is 0 Å². The lowest BCUT2D eigenvalue weighted by molar-refractivity contribution is 1.31. The molecule has 7 aromatic rings. The van der Waals surface area contributed by atoms with E-state index < -0.39 is 0 Å². The largest absolute Gasteiger partial charge is 0.265 e. The van der Waals surface area contributed by atoms with Crippen LogP contribution in [0.15, 0.2) is 158 Å². The highest BCUT2D eigenvalue weighted by Gasteiger charge is 2.18. The third-order valence-corrected chi connectivity index (χ3v) is 8.40. The Morgan fingerprint density at radius 3 is 1.84 bits per heavy atom. The van der Waals surface area contributed by atoms with Gasteiger partial charge in [-0.3, -0.25) is 9.97 Å². The molecule has 2 aromatic heterocycles. The van der Waals surface area contributed by atoms with Gasteiger partial charge in [-0.1, -0.05) is 97.1 Å². The van der Waals surface area contributed by atoms with Gasteiger partial charge in [-0.25, -0.2) is 0 Å². The smallest absolute Gasteiger partial charge is 0.0273 e. The minimum Gasteiger partial charge on any atom is -0.265 e. The first-order valence-electron chi connectivity index (χ1n) is 15.0. The van der Waals surface area contributed by atoms with Gasteiger partial charge in [-0.15, -0.1) is 0 Å². The average Bonchev–Trinajstić information content (AvgIpc) is 3.10. The van der Waals surface area contributed by atoms with E-state index in [-0.39, 0.29) is 0 Å². The highest BCUT2D eigenvalue weighted by Crippen LogP contribution is 2.44. The number of pyridine rings is 2. The van der Waals surface area contributed by atoms with Gasteiger partial charge in [0.15, 0.2) is 0 Å². The van der Waals surface area contributed by atoms with Crippen LogP contribution in [0.2, 0.25) is 0 Å². The quantitative estimate of drug-likeness (QED) is 0.148. The molecule has 0 aliphatic rings. The lowest BCUT2D eigenvalue weighted by Crippen LogP contribution is -1.94. The van der Waals surface area contributed by atoms with E-state index in [4.69, 9.17) is 0 Å². The molecule has 0 saturated heterocycles. The molecule has 210 valence electrons. The predicted molar refractivity (Wildman–Crippen MR) is 187 cm³/mol. The zero-order chi connectivity index (χ0) is 29.9. The fourth-order valence-corrected chi connectivity index (χ4v) is 6.24. The van der Waals surface area contributed by atoms with Gasteiger partial charge in [0.05, 0.1) is 0 Å². The predicted octanol–water partition coefficient (Wildman–Crippen LogP) is 11.3. The van der Waals surface area contributed by atoms with E-state index in [2.05, 4.69) is 157 Å². The molecule has 0 saturated carbocycles. The number of aromatic nitrogens is 2. The molecule has 2 heteroatoms. The summed E-state index contributed by atoms with van der Waals surface area (Å²) >= 11 is 0. The van der Waals surface area contributed by atoms with Crippen LogP contribution in [0.25, 0.3) is 66.1 Å². The molecule has 2 heterocycles. The van der Waals surface area contributed by atoms with Gasteiger partial charge in [0.1, 0.15) is 0 Å². The summed E-state index contributed by atoms with van der Waals surface area (Å²) in [5.74, 6) is 0. The molecular formula is C42H32N2. The second kappa shape index (κ2) is 11.9. The normalized spacial score (nSPS) is 12.1. The van der Waals surface area contributed by atoms with Gasteiger partial charge >= 0.3 is 0 Å². The van der Waals surface area contributed by atoms with Gasteiger partial charge in [0, 0.05) is 24.8 Å². The average molecular weight is 565 g/mol. The molecule has 0 amide bonds. The third kappa shape index (κ3) is 5.12. The number of benzene rings is 5. The molecule has 0 N–H and O–H groups in total. The Balaban J connectivity index is 1.55. The van der Waals surface area contributed by atoms with Crippen molar-refractivity contribution in [2.24, 2.45) is 0 Å². The summed E-state index contributed by atoms with van der Waals surface area (Å²) in [7, 11) is 0. The van der Waals surface area contributed by atoms with Crippen molar-refractivity contribution in [1.82, 2.24) is 9.97 Å². The lowest BCUT2D eigenvalue weighted by atomic mass is 9.83. The Morgan fingerprint density at radius 1 is 0.500 bits per heavy atom. The van der Waals surface area contributed by atoms with Gasteiger partial charge in [-0.2, -0.15) is 0 Å². The van der Waals surface area contributed by atoms with E-state index >= 15 is 0 Å². The Morgan fingerprint density at radius 2 is 1.09 bits per heavy atom. The van der Waals surface area contributed by atoms with Crippen molar-refractivity contribution in [3.63, 3.8) is 0 Å². The van der Waals surface area contributed by atoms with Crippen molar-refractivity contribution >= 4 is 32.7 Å². The van der Waals surface area contributed by atoms with Crippen molar-refractivity contribution in [2.75, 3.05) is 0 Å². The van der Waals surface area contributed by atoms with E-state index in [1.807, 2.05) is 24.8 Å². The zero-order valence-electron chi connectivity index (χ0n) is 24.9. The summed E-state index contributed by atoms with van der Waals surface area (Å²) in [6, 6.07) is 43.6. The molecule has 0 aliphatic heterocycles. The molecule has 0 unspecified atom stereocenters. The second-order valence-electron chi connectivity index (χ2n) is 11.0. The molecular weight excluding hydrogens is 532 g/mol. The molecule has 0 spiro atoms. The first-order chi connectivity index (χ1) is 21.7. The third-order valence-electron chi connectivity index (χ3n) is 8.40. The van der Waals surface area contributed by atoms with Crippen LogP contribution in [0.1, 0.15) is 25.0 Å². The van der Waals surface area contributed by atoms with Crippen molar-refractivity contribution in [3.8, 4) is 33.4 Å². The van der Waals surface area contributed by atoms with Gasteiger partial charge < -0.3 is 0 Å². The molecule has 44 heavy (non-hydrogen) atoms. The summed E-state index contributed by atoms with van der Waals surface area (Å²) in [6.45, 7) is 4.32. The van der Waals surface area contributed by atoms with E-state index in [0.717, 1.165) is 5.56 Å². The van der Waals surface area contributed by atoms with Gasteiger partial charge in [-0.05, 0) is 127 Å². The SMILES string of the molecule is C/C=C(\C=C(/C)c1ccncc1)c1c2ccccc2c(-c2cccc(-c3ccncc3)c2)c2ccc(-c3ccccc3)cc12. The molecule has 0 aliphatic carbocycles. The minimum atomic E-state index is 1.16. The van der Waals surface area contributed by atoms with Gasteiger partial charge in [0.2, 0.25) is 0 Å².